The van der Waals surface area contributed by atoms with Crippen LogP contribution in [0.5, 0.6) is 5.75 Å². The molecule has 4 atom stereocenters. The van der Waals surface area contributed by atoms with Crippen molar-refractivity contribution in [2.75, 3.05) is 46.4 Å². The molecule has 2 saturated carbocycles. The molecule has 1 saturated heterocycles. The number of aliphatic hydroxyl groups is 4. The van der Waals surface area contributed by atoms with Gasteiger partial charge in [-0.2, -0.15) is 0 Å². The van der Waals surface area contributed by atoms with Crippen LogP contribution in [-0.4, -0.2) is 118 Å². The Morgan fingerprint density at radius 2 is 1.71 bits per heavy atom. The molecule has 4 N–H and O–H groups in total. The van der Waals surface area contributed by atoms with Crippen molar-refractivity contribution >= 4 is 29.1 Å². The summed E-state index contributed by atoms with van der Waals surface area (Å²) in [6.45, 7) is 2.88. The minimum Gasteiger partial charge on any atom is -0.490 e. The molecule has 0 radical (unpaired) electrons. The third-order valence-corrected chi connectivity index (χ3v) is 10.9. The van der Waals surface area contributed by atoms with Crippen molar-refractivity contribution in [3.63, 3.8) is 0 Å². The van der Waals surface area contributed by atoms with Crippen LogP contribution in [0, 0.1) is 0 Å². The summed E-state index contributed by atoms with van der Waals surface area (Å²) in [7, 11) is 1.52. The molecule has 1 aromatic heterocycles. The van der Waals surface area contributed by atoms with Crippen LogP contribution in [0.1, 0.15) is 55.2 Å². The number of nitrogens with zero attached hydrogens (tertiary/aromatic N) is 3. The van der Waals surface area contributed by atoms with E-state index in [1.54, 1.807) is 6.20 Å². The fraction of sp³-hybridized carbons (Fsp3) is 0.538. The van der Waals surface area contributed by atoms with Gasteiger partial charge in [0, 0.05) is 66.8 Å². The molecule has 3 aromatic rings. The Morgan fingerprint density at radius 3 is 2.44 bits per heavy atom. The van der Waals surface area contributed by atoms with Crippen LogP contribution >= 0.6 is 23.2 Å². The summed E-state index contributed by atoms with van der Waals surface area (Å²) in [4.78, 5) is 20.5. The van der Waals surface area contributed by atoms with Crippen LogP contribution in [0.3, 0.4) is 0 Å². The maximum atomic E-state index is 12.8. The molecule has 282 valence electrons. The van der Waals surface area contributed by atoms with Crippen LogP contribution in [0.25, 0.3) is 11.1 Å². The van der Waals surface area contributed by atoms with E-state index in [0.29, 0.717) is 62.2 Å². The number of pyridine rings is 1. The molecular formula is C39H49Cl2N3O8. The fourth-order valence-electron chi connectivity index (χ4n) is 6.62. The number of benzene rings is 2. The monoisotopic (exact) mass is 757 g/mol. The minimum atomic E-state index is -1.88. The summed E-state index contributed by atoms with van der Waals surface area (Å²) in [6.07, 6.45) is 3.03. The lowest BCUT2D eigenvalue weighted by atomic mass is 9.96. The van der Waals surface area contributed by atoms with Crippen molar-refractivity contribution < 1.29 is 39.4 Å². The lowest BCUT2D eigenvalue weighted by Gasteiger charge is -2.32. The number of β-amino-alcohol motifs (C(OH)–C–C–N with tert-alkyl or cyclic N) is 1. The Bertz CT molecular complexity index is 1670. The molecule has 3 aliphatic rings. The quantitative estimate of drug-likeness (QED) is 0.138. The van der Waals surface area contributed by atoms with Crippen molar-refractivity contribution in [1.29, 1.82) is 0 Å². The first kappa shape index (κ1) is 38.9. The first-order chi connectivity index (χ1) is 25.1. The highest BCUT2D eigenvalue weighted by Gasteiger charge is 2.48. The van der Waals surface area contributed by atoms with Crippen molar-refractivity contribution in [3.05, 3.63) is 81.6 Å². The summed E-state index contributed by atoms with van der Waals surface area (Å²) in [5.41, 5.74) is 4.31. The predicted molar refractivity (Wildman–Crippen MR) is 197 cm³/mol. The molecule has 2 heterocycles. The van der Waals surface area contributed by atoms with Crippen molar-refractivity contribution in [3.8, 4) is 16.9 Å². The number of aryl methyl sites for hydroxylation is 1. The number of carbonyl (C=O) groups is 1. The maximum absolute atomic E-state index is 12.8. The topological polar surface area (TPSA) is 145 Å². The molecule has 13 heteroatoms. The summed E-state index contributed by atoms with van der Waals surface area (Å²) in [6, 6.07) is 13.9. The first-order valence-corrected chi connectivity index (χ1v) is 18.9. The fourth-order valence-corrected chi connectivity index (χ4v) is 7.14. The zero-order valence-corrected chi connectivity index (χ0v) is 31.0. The Labute approximate surface area is 315 Å². The molecule has 11 nitrogen and oxygen atoms in total. The van der Waals surface area contributed by atoms with Crippen LogP contribution in [0.15, 0.2) is 54.9 Å². The molecular weight excluding hydrogens is 709 g/mol. The molecule has 0 spiro atoms. The number of unbranched alkanes of at least 4 members (excludes halogenated alkanes) is 1. The summed E-state index contributed by atoms with van der Waals surface area (Å²) in [5, 5.41) is 42.9. The maximum Gasteiger partial charge on any atom is 0.253 e. The van der Waals surface area contributed by atoms with Gasteiger partial charge >= 0.3 is 0 Å². The van der Waals surface area contributed by atoms with E-state index in [4.69, 9.17) is 37.4 Å². The third-order valence-electron chi connectivity index (χ3n) is 10.2. The number of carbonyl (C=O) groups excluding carboxylic acids is 1. The Hall–Kier alpha value is -2.84. The number of ether oxygens (including phenoxy) is 3. The van der Waals surface area contributed by atoms with Crippen molar-refractivity contribution in [2.24, 2.45) is 0 Å². The molecule has 1 aliphatic heterocycles. The molecule has 3 fully saturated rings. The lowest BCUT2D eigenvalue weighted by molar-refractivity contribution is -0.156. The third kappa shape index (κ3) is 9.63. The van der Waals surface area contributed by atoms with Gasteiger partial charge in [-0.15, -0.1) is 0 Å². The number of hydrogen-bond donors (Lipinski definition) is 4. The van der Waals surface area contributed by atoms with E-state index < -0.39 is 35.9 Å². The van der Waals surface area contributed by atoms with Gasteiger partial charge in [0.05, 0.1) is 37.6 Å². The van der Waals surface area contributed by atoms with E-state index in [1.165, 1.54) is 11.9 Å². The number of aromatic nitrogens is 1. The standard InChI is InChI=1S/C39H49Cl2N3O8/c1-43(38(49)37(48)36(47)35(46)33(45)23-44-16-18-50-19-17-44)15-5-4-6-25-20-32(41)26(21-31(25)40)24-51-39(12-13-39)30-22-42-14-11-28(30)29-7-2-3-8-34(29)52-27-9-10-27/h2-3,7-8,11,14,20-22,27,33,35-37,45-48H,4-6,9-10,12-13,15-19,23-24H2,1H3. The van der Waals surface area contributed by atoms with E-state index in [1.807, 2.05) is 47.5 Å². The second-order valence-corrected chi connectivity index (χ2v) is 15.0. The van der Waals surface area contributed by atoms with Crippen molar-refractivity contribution in [2.45, 2.75) is 87.7 Å². The smallest absolute Gasteiger partial charge is 0.253 e. The number of amides is 1. The lowest BCUT2D eigenvalue weighted by Crippen LogP contribution is -2.54. The highest BCUT2D eigenvalue weighted by molar-refractivity contribution is 6.34. The molecule has 2 aliphatic carbocycles. The zero-order chi connectivity index (χ0) is 36.8. The molecule has 4 unspecified atom stereocenters. The summed E-state index contributed by atoms with van der Waals surface area (Å²) < 4.78 is 18.1. The average Bonchev–Trinajstić information content (AvgIpc) is 4.11. The van der Waals surface area contributed by atoms with E-state index in [9.17, 15) is 25.2 Å². The van der Waals surface area contributed by atoms with Crippen LogP contribution < -0.4 is 4.74 Å². The van der Waals surface area contributed by atoms with Gasteiger partial charge in [-0.05, 0) is 85.9 Å². The normalized spacial score (nSPS) is 19.4. The number of likely N-dealkylation sites (N-methyl/N-ethyl adjacent to an activating group) is 1. The predicted octanol–water partition coefficient (Wildman–Crippen LogP) is 4.36. The van der Waals surface area contributed by atoms with Gasteiger partial charge in [-0.3, -0.25) is 14.7 Å². The summed E-state index contributed by atoms with van der Waals surface area (Å²) >= 11 is 13.5. The highest BCUT2D eigenvalue weighted by Crippen LogP contribution is 2.53. The number of morpholine rings is 1. The van der Waals surface area contributed by atoms with E-state index in [-0.39, 0.29) is 19.3 Å². The van der Waals surface area contributed by atoms with Crippen molar-refractivity contribution in [1.82, 2.24) is 14.8 Å². The number of halogens is 2. The Kier molecular flexibility index (Phi) is 13.1. The molecule has 52 heavy (non-hydrogen) atoms. The minimum absolute atomic E-state index is 0.0951. The van der Waals surface area contributed by atoms with E-state index >= 15 is 0 Å². The second kappa shape index (κ2) is 17.5. The molecule has 6 rings (SSSR count). The highest BCUT2D eigenvalue weighted by atomic mass is 35.5. The van der Waals surface area contributed by atoms with Gasteiger partial charge in [-0.1, -0.05) is 41.4 Å². The van der Waals surface area contributed by atoms with Gasteiger partial charge in [-0.25, -0.2) is 0 Å². The van der Waals surface area contributed by atoms with Crippen LogP contribution in [0.2, 0.25) is 10.0 Å². The van der Waals surface area contributed by atoms with Gasteiger partial charge in [0.15, 0.2) is 6.10 Å². The number of aliphatic hydroxyl groups excluding tert-OH is 4. The zero-order valence-electron chi connectivity index (χ0n) is 29.5. The molecule has 0 bridgehead atoms. The average molecular weight is 759 g/mol. The molecule has 2 aromatic carbocycles. The van der Waals surface area contributed by atoms with Gasteiger partial charge in [0.2, 0.25) is 0 Å². The number of rotatable bonds is 18. The SMILES string of the molecule is CN(CCCCc1cc(Cl)c(COC2(c3cnccc3-c3ccccc3OC3CC3)CC2)cc1Cl)C(=O)C(O)C(O)C(O)C(O)CN1CCOCC1. The van der Waals surface area contributed by atoms with Gasteiger partial charge in [0.1, 0.15) is 18.0 Å². The number of hydrogen-bond acceptors (Lipinski definition) is 10. The van der Waals surface area contributed by atoms with E-state index in [2.05, 4.69) is 11.1 Å². The summed E-state index contributed by atoms with van der Waals surface area (Å²) in [5.74, 6) is 0.137. The van der Waals surface area contributed by atoms with Gasteiger partial charge < -0.3 is 39.5 Å². The van der Waals surface area contributed by atoms with Crippen LogP contribution in [0.4, 0.5) is 0 Å². The van der Waals surface area contributed by atoms with Crippen LogP contribution in [-0.2, 0) is 32.9 Å². The Balaban J connectivity index is 0.985. The second-order valence-electron chi connectivity index (χ2n) is 14.2. The Morgan fingerprint density at radius 1 is 1.00 bits per heavy atom. The van der Waals surface area contributed by atoms with Gasteiger partial charge in [0.25, 0.3) is 5.91 Å². The molecule has 1 amide bonds. The largest absolute Gasteiger partial charge is 0.490 e. The first-order valence-electron chi connectivity index (χ1n) is 18.1. The van der Waals surface area contributed by atoms with E-state index in [0.717, 1.165) is 59.3 Å². The number of para-hydroxylation sites is 1.